The Balaban J connectivity index is 1.99. The lowest BCUT2D eigenvalue weighted by Gasteiger charge is -2.27. The van der Waals surface area contributed by atoms with Gasteiger partial charge in [0.15, 0.2) is 0 Å². The number of amides is 2. The summed E-state index contributed by atoms with van der Waals surface area (Å²) in [5, 5.41) is 14.5. The van der Waals surface area contributed by atoms with Gasteiger partial charge in [0.25, 0.3) is 0 Å². The van der Waals surface area contributed by atoms with Gasteiger partial charge in [-0.15, -0.1) is 0 Å². The van der Waals surface area contributed by atoms with E-state index < -0.39 is 22.0 Å². The highest BCUT2D eigenvalue weighted by Gasteiger charge is 2.26. The topological polar surface area (TPSA) is 134 Å². The van der Waals surface area contributed by atoms with Crippen molar-refractivity contribution in [2.24, 2.45) is 5.92 Å². The fraction of sp³-hybridized carbons (Fsp3) is 0.500. The van der Waals surface area contributed by atoms with E-state index in [1.165, 1.54) is 19.2 Å². The molecule has 1 fully saturated rings. The number of carbonyl (C=O) groups excluding carboxylic acids is 1. The van der Waals surface area contributed by atoms with Crippen molar-refractivity contribution in [2.75, 3.05) is 23.4 Å². The first-order valence-corrected chi connectivity index (χ1v) is 10.0. The SMILES string of the molecule is COc1ccc(NS(C)(=O)=O)cc1NC(=O)NC1CCC(C(=O)O)CC1. The van der Waals surface area contributed by atoms with E-state index in [0.29, 0.717) is 42.8 Å². The molecular formula is C16H23N3O6S. The minimum absolute atomic E-state index is 0.103. The number of ether oxygens (including phenoxy) is 1. The van der Waals surface area contributed by atoms with Gasteiger partial charge in [0, 0.05) is 6.04 Å². The van der Waals surface area contributed by atoms with E-state index in [9.17, 15) is 18.0 Å². The zero-order chi connectivity index (χ0) is 19.3. The van der Waals surface area contributed by atoms with Crippen LogP contribution >= 0.6 is 0 Å². The molecule has 1 aromatic rings. The third-order valence-electron chi connectivity index (χ3n) is 4.16. The molecule has 10 heteroatoms. The number of carboxylic acid groups (broad SMARTS) is 1. The molecule has 2 amide bonds. The van der Waals surface area contributed by atoms with E-state index in [1.54, 1.807) is 6.07 Å². The van der Waals surface area contributed by atoms with Crippen LogP contribution < -0.4 is 20.1 Å². The van der Waals surface area contributed by atoms with Crippen molar-refractivity contribution in [3.63, 3.8) is 0 Å². The van der Waals surface area contributed by atoms with Gasteiger partial charge < -0.3 is 20.5 Å². The minimum atomic E-state index is -3.44. The summed E-state index contributed by atoms with van der Waals surface area (Å²) in [5.74, 6) is -0.767. The highest BCUT2D eigenvalue weighted by molar-refractivity contribution is 7.92. The summed E-state index contributed by atoms with van der Waals surface area (Å²) in [6.45, 7) is 0. The van der Waals surface area contributed by atoms with Crippen LogP contribution in [-0.4, -0.2) is 44.9 Å². The van der Waals surface area contributed by atoms with Gasteiger partial charge in [0.05, 0.1) is 30.7 Å². The molecule has 0 bridgehead atoms. The lowest BCUT2D eigenvalue weighted by atomic mass is 9.86. The molecular weight excluding hydrogens is 362 g/mol. The van der Waals surface area contributed by atoms with Gasteiger partial charge in [-0.1, -0.05) is 0 Å². The second kappa shape index (κ2) is 8.26. The highest BCUT2D eigenvalue weighted by Crippen LogP contribution is 2.29. The van der Waals surface area contributed by atoms with Crippen molar-refractivity contribution in [1.29, 1.82) is 0 Å². The first kappa shape index (κ1) is 19.8. The second-order valence-electron chi connectivity index (χ2n) is 6.27. The number of rotatable bonds is 6. The van der Waals surface area contributed by atoms with Crippen LogP contribution in [0.1, 0.15) is 25.7 Å². The Morgan fingerprint density at radius 1 is 1.19 bits per heavy atom. The Kier molecular flexibility index (Phi) is 6.30. The van der Waals surface area contributed by atoms with E-state index in [1.807, 2.05) is 0 Å². The van der Waals surface area contributed by atoms with Crippen molar-refractivity contribution >= 4 is 33.4 Å². The van der Waals surface area contributed by atoms with E-state index in [-0.39, 0.29) is 12.0 Å². The van der Waals surface area contributed by atoms with Gasteiger partial charge in [-0.3, -0.25) is 9.52 Å². The number of hydrogen-bond donors (Lipinski definition) is 4. The van der Waals surface area contributed by atoms with Crippen LogP contribution in [0.4, 0.5) is 16.2 Å². The zero-order valence-electron chi connectivity index (χ0n) is 14.6. The molecule has 0 heterocycles. The van der Waals surface area contributed by atoms with E-state index in [2.05, 4.69) is 15.4 Å². The largest absolute Gasteiger partial charge is 0.495 e. The quantitative estimate of drug-likeness (QED) is 0.590. The summed E-state index contributed by atoms with van der Waals surface area (Å²) in [4.78, 5) is 23.2. The predicted octanol–water partition coefficient (Wildman–Crippen LogP) is 1.83. The molecule has 0 radical (unpaired) electrons. The minimum Gasteiger partial charge on any atom is -0.495 e. The summed E-state index contributed by atoms with van der Waals surface area (Å²) in [6.07, 6.45) is 3.27. The monoisotopic (exact) mass is 385 g/mol. The molecule has 0 aliphatic heterocycles. The van der Waals surface area contributed by atoms with E-state index >= 15 is 0 Å². The number of anilines is 2. The van der Waals surface area contributed by atoms with Crippen molar-refractivity contribution in [3.8, 4) is 5.75 Å². The molecule has 0 spiro atoms. The van der Waals surface area contributed by atoms with Gasteiger partial charge in [0.1, 0.15) is 5.75 Å². The Morgan fingerprint density at radius 2 is 1.85 bits per heavy atom. The molecule has 144 valence electrons. The molecule has 1 saturated carbocycles. The predicted molar refractivity (Wildman–Crippen MR) is 97.0 cm³/mol. The summed E-state index contributed by atoms with van der Waals surface area (Å²) in [7, 11) is -2.00. The molecule has 4 N–H and O–H groups in total. The number of sulfonamides is 1. The average molecular weight is 385 g/mol. The smallest absolute Gasteiger partial charge is 0.319 e. The fourth-order valence-electron chi connectivity index (χ4n) is 2.91. The van der Waals surface area contributed by atoms with Crippen LogP contribution in [0.15, 0.2) is 18.2 Å². The Hall–Kier alpha value is -2.49. The second-order valence-corrected chi connectivity index (χ2v) is 8.02. The Labute approximate surface area is 152 Å². The fourth-order valence-corrected chi connectivity index (χ4v) is 3.47. The van der Waals surface area contributed by atoms with Crippen molar-refractivity contribution in [1.82, 2.24) is 5.32 Å². The van der Waals surface area contributed by atoms with Gasteiger partial charge in [0.2, 0.25) is 10.0 Å². The van der Waals surface area contributed by atoms with E-state index in [0.717, 1.165) is 6.26 Å². The van der Waals surface area contributed by atoms with Crippen molar-refractivity contribution < 1.29 is 27.9 Å². The van der Waals surface area contributed by atoms with Crippen LogP contribution in [0.3, 0.4) is 0 Å². The molecule has 1 aliphatic rings. The maximum Gasteiger partial charge on any atom is 0.319 e. The summed E-state index contributed by atoms with van der Waals surface area (Å²) in [5.41, 5.74) is 0.614. The third kappa shape index (κ3) is 5.80. The van der Waals surface area contributed by atoms with Crippen LogP contribution in [0.2, 0.25) is 0 Å². The standard InChI is InChI=1S/C16H23N3O6S/c1-25-14-8-7-12(19-26(2,23)24)9-13(14)18-16(22)17-11-5-3-10(4-6-11)15(20)21/h7-11,19H,3-6H2,1-2H3,(H,20,21)(H2,17,18,22). The highest BCUT2D eigenvalue weighted by atomic mass is 32.2. The molecule has 1 aliphatic carbocycles. The lowest BCUT2D eigenvalue weighted by Crippen LogP contribution is -2.41. The number of carbonyl (C=O) groups is 2. The maximum absolute atomic E-state index is 12.2. The van der Waals surface area contributed by atoms with Gasteiger partial charge in [-0.2, -0.15) is 0 Å². The van der Waals surface area contributed by atoms with Gasteiger partial charge in [-0.05, 0) is 43.9 Å². The van der Waals surface area contributed by atoms with Gasteiger partial charge >= 0.3 is 12.0 Å². The Bertz CT molecular complexity index is 772. The first-order valence-electron chi connectivity index (χ1n) is 8.14. The number of nitrogens with one attached hydrogen (secondary N) is 3. The molecule has 1 aromatic carbocycles. The van der Waals surface area contributed by atoms with E-state index in [4.69, 9.17) is 9.84 Å². The molecule has 0 aromatic heterocycles. The normalized spacial score (nSPS) is 20.1. The number of hydrogen-bond acceptors (Lipinski definition) is 5. The zero-order valence-corrected chi connectivity index (χ0v) is 15.4. The number of benzene rings is 1. The maximum atomic E-state index is 12.2. The van der Waals surface area contributed by atoms with Crippen molar-refractivity contribution in [2.45, 2.75) is 31.7 Å². The number of urea groups is 1. The Morgan fingerprint density at radius 3 is 2.38 bits per heavy atom. The number of methoxy groups -OCH3 is 1. The molecule has 2 rings (SSSR count). The van der Waals surface area contributed by atoms with Crippen molar-refractivity contribution in [3.05, 3.63) is 18.2 Å². The van der Waals surface area contributed by atoms with Crippen LogP contribution in [0, 0.1) is 5.92 Å². The van der Waals surface area contributed by atoms with Crippen LogP contribution in [0.5, 0.6) is 5.75 Å². The molecule has 26 heavy (non-hydrogen) atoms. The number of aliphatic carboxylic acids is 1. The van der Waals surface area contributed by atoms with Gasteiger partial charge in [-0.25, -0.2) is 13.2 Å². The summed E-state index contributed by atoms with van der Waals surface area (Å²) >= 11 is 0. The summed E-state index contributed by atoms with van der Waals surface area (Å²) < 4.78 is 30.2. The lowest BCUT2D eigenvalue weighted by molar-refractivity contribution is -0.142. The first-order chi connectivity index (χ1) is 12.2. The number of carboxylic acids is 1. The molecule has 0 unspecified atom stereocenters. The molecule has 0 saturated heterocycles. The van der Waals surface area contributed by atoms with Crippen LogP contribution in [0.25, 0.3) is 0 Å². The van der Waals surface area contributed by atoms with Crippen LogP contribution in [-0.2, 0) is 14.8 Å². The molecule has 9 nitrogen and oxygen atoms in total. The third-order valence-corrected chi connectivity index (χ3v) is 4.77. The average Bonchev–Trinajstić information content (AvgIpc) is 2.54. The summed E-state index contributed by atoms with van der Waals surface area (Å²) in [6, 6.07) is 3.96. The molecule has 0 atom stereocenters.